The standard InChI is InChI=1S/C16H21NO3S/c1-9-4-7-14(21-9)12-8-13(12)15(18)17(11-5-6-11)10(2)16(19)20-3/h4,7,10-13H,5-6,8H2,1-3H3/t10-,12+,13+/m1/s1. The van der Waals surface area contributed by atoms with E-state index in [1.807, 2.05) is 0 Å². The van der Waals surface area contributed by atoms with E-state index in [9.17, 15) is 9.59 Å². The second-order valence-electron chi connectivity index (χ2n) is 6.07. The van der Waals surface area contributed by atoms with Crippen molar-refractivity contribution < 1.29 is 14.3 Å². The lowest BCUT2D eigenvalue weighted by Gasteiger charge is -2.27. The molecular weight excluding hydrogens is 286 g/mol. The highest BCUT2D eigenvalue weighted by molar-refractivity contribution is 7.12. The number of esters is 1. The molecule has 21 heavy (non-hydrogen) atoms. The first-order chi connectivity index (χ1) is 10.0. The first kappa shape index (κ1) is 14.6. The maximum Gasteiger partial charge on any atom is 0.328 e. The highest BCUT2D eigenvalue weighted by Gasteiger charge is 2.50. The Morgan fingerprint density at radius 3 is 2.62 bits per heavy atom. The van der Waals surface area contributed by atoms with Crippen molar-refractivity contribution in [2.75, 3.05) is 7.11 Å². The smallest absolute Gasteiger partial charge is 0.328 e. The van der Waals surface area contributed by atoms with E-state index in [0.717, 1.165) is 19.3 Å². The van der Waals surface area contributed by atoms with Crippen molar-refractivity contribution >= 4 is 23.2 Å². The number of amides is 1. The summed E-state index contributed by atoms with van der Waals surface area (Å²) in [4.78, 5) is 28.9. The van der Waals surface area contributed by atoms with Gasteiger partial charge in [-0.3, -0.25) is 4.79 Å². The van der Waals surface area contributed by atoms with Crippen LogP contribution in [0, 0.1) is 12.8 Å². The van der Waals surface area contributed by atoms with Crippen LogP contribution in [0.15, 0.2) is 12.1 Å². The Balaban J connectivity index is 1.70. The van der Waals surface area contributed by atoms with Gasteiger partial charge in [-0.2, -0.15) is 0 Å². The molecular formula is C16H21NO3S. The summed E-state index contributed by atoms with van der Waals surface area (Å²) in [5, 5.41) is 0. The Morgan fingerprint density at radius 1 is 1.38 bits per heavy atom. The Morgan fingerprint density at radius 2 is 2.10 bits per heavy atom. The van der Waals surface area contributed by atoms with Gasteiger partial charge in [0.1, 0.15) is 6.04 Å². The molecule has 5 heteroatoms. The topological polar surface area (TPSA) is 46.6 Å². The summed E-state index contributed by atoms with van der Waals surface area (Å²) in [6, 6.07) is 4.00. The van der Waals surface area contributed by atoms with Crippen molar-refractivity contribution in [3.8, 4) is 0 Å². The Labute approximate surface area is 129 Å². The van der Waals surface area contributed by atoms with Gasteiger partial charge in [0.15, 0.2) is 0 Å². The third-order valence-corrected chi connectivity index (χ3v) is 5.52. The van der Waals surface area contributed by atoms with Gasteiger partial charge in [0.05, 0.1) is 7.11 Å². The van der Waals surface area contributed by atoms with Crippen LogP contribution in [0.5, 0.6) is 0 Å². The first-order valence-corrected chi connectivity index (χ1v) is 8.31. The summed E-state index contributed by atoms with van der Waals surface area (Å²) in [6.45, 7) is 3.86. The maximum atomic E-state index is 12.8. The highest BCUT2D eigenvalue weighted by Crippen LogP contribution is 2.51. The number of hydrogen-bond acceptors (Lipinski definition) is 4. The van der Waals surface area contributed by atoms with Crippen molar-refractivity contribution in [3.63, 3.8) is 0 Å². The molecule has 3 rings (SSSR count). The quantitative estimate of drug-likeness (QED) is 0.786. The molecule has 1 heterocycles. The molecule has 0 saturated heterocycles. The third kappa shape index (κ3) is 2.84. The van der Waals surface area contributed by atoms with Crippen LogP contribution in [0.2, 0.25) is 0 Å². The van der Waals surface area contributed by atoms with Crippen LogP contribution in [0.3, 0.4) is 0 Å². The number of ether oxygens (including phenoxy) is 1. The van der Waals surface area contributed by atoms with Crippen LogP contribution in [0.1, 0.15) is 41.9 Å². The lowest BCUT2D eigenvalue weighted by molar-refractivity contribution is -0.153. The van der Waals surface area contributed by atoms with Gasteiger partial charge in [0, 0.05) is 27.6 Å². The van der Waals surface area contributed by atoms with E-state index in [1.165, 1.54) is 16.9 Å². The third-order valence-electron chi connectivity index (χ3n) is 4.39. The Kier molecular flexibility index (Phi) is 3.78. The Hall–Kier alpha value is -1.36. The van der Waals surface area contributed by atoms with E-state index in [2.05, 4.69) is 19.1 Å². The van der Waals surface area contributed by atoms with E-state index in [0.29, 0.717) is 5.92 Å². The summed E-state index contributed by atoms with van der Waals surface area (Å²) < 4.78 is 4.81. The zero-order valence-corrected chi connectivity index (χ0v) is 13.5. The molecule has 0 N–H and O–H groups in total. The lowest BCUT2D eigenvalue weighted by Crippen LogP contribution is -2.46. The van der Waals surface area contributed by atoms with Gasteiger partial charge < -0.3 is 9.64 Å². The van der Waals surface area contributed by atoms with Gasteiger partial charge in [-0.25, -0.2) is 4.79 Å². The monoisotopic (exact) mass is 307 g/mol. The zero-order chi connectivity index (χ0) is 15.1. The molecule has 1 aromatic rings. The van der Waals surface area contributed by atoms with E-state index < -0.39 is 6.04 Å². The minimum absolute atomic E-state index is 0.0516. The molecule has 1 amide bonds. The number of thiophene rings is 1. The molecule has 2 fully saturated rings. The van der Waals surface area contributed by atoms with Crippen molar-refractivity contribution in [2.45, 2.75) is 51.1 Å². The van der Waals surface area contributed by atoms with Crippen molar-refractivity contribution in [1.29, 1.82) is 0 Å². The fourth-order valence-electron chi connectivity index (χ4n) is 2.95. The SMILES string of the molecule is COC(=O)[C@@H](C)N(C(=O)[C@H]1C[C@@H]1c1ccc(C)s1)C1CC1. The second-order valence-corrected chi connectivity index (χ2v) is 7.39. The van der Waals surface area contributed by atoms with Gasteiger partial charge in [-0.05, 0) is 45.2 Å². The van der Waals surface area contributed by atoms with Crippen LogP contribution in [0.4, 0.5) is 0 Å². The fourth-order valence-corrected chi connectivity index (χ4v) is 4.01. The maximum absolute atomic E-state index is 12.8. The predicted octanol–water partition coefficient (Wildman–Crippen LogP) is 2.71. The zero-order valence-electron chi connectivity index (χ0n) is 12.7. The van der Waals surface area contributed by atoms with Crippen LogP contribution in [0.25, 0.3) is 0 Å². The molecule has 3 atom stereocenters. The molecule has 114 valence electrons. The van der Waals surface area contributed by atoms with E-state index in [1.54, 1.807) is 23.2 Å². The summed E-state index contributed by atoms with van der Waals surface area (Å²) >= 11 is 1.77. The number of carbonyl (C=O) groups excluding carboxylic acids is 2. The summed E-state index contributed by atoms with van der Waals surface area (Å²) in [7, 11) is 1.38. The molecule has 0 spiro atoms. The van der Waals surface area contributed by atoms with Gasteiger partial charge in [0.2, 0.25) is 5.91 Å². The van der Waals surface area contributed by atoms with Gasteiger partial charge in [0.25, 0.3) is 0 Å². The summed E-state index contributed by atoms with van der Waals surface area (Å²) in [5.74, 6) is 0.212. The number of rotatable bonds is 5. The van der Waals surface area contributed by atoms with E-state index in [4.69, 9.17) is 4.74 Å². The molecule has 0 aliphatic heterocycles. The average molecular weight is 307 g/mol. The number of nitrogens with zero attached hydrogens (tertiary/aromatic N) is 1. The largest absolute Gasteiger partial charge is 0.467 e. The number of carbonyl (C=O) groups is 2. The van der Waals surface area contributed by atoms with Crippen LogP contribution in [-0.2, 0) is 14.3 Å². The van der Waals surface area contributed by atoms with Crippen LogP contribution < -0.4 is 0 Å². The summed E-state index contributed by atoms with van der Waals surface area (Å²) in [5.41, 5.74) is 0. The minimum atomic E-state index is -0.471. The Bertz CT molecular complexity index is 564. The molecule has 0 bridgehead atoms. The lowest BCUT2D eigenvalue weighted by atomic mass is 10.2. The van der Waals surface area contributed by atoms with Crippen molar-refractivity contribution in [3.05, 3.63) is 21.9 Å². The predicted molar refractivity (Wildman–Crippen MR) is 81.3 cm³/mol. The number of hydrogen-bond donors (Lipinski definition) is 0. The summed E-state index contributed by atoms with van der Waals surface area (Å²) in [6.07, 6.45) is 2.92. The molecule has 4 nitrogen and oxygen atoms in total. The van der Waals surface area contributed by atoms with E-state index in [-0.39, 0.29) is 23.8 Å². The molecule has 2 aliphatic rings. The minimum Gasteiger partial charge on any atom is -0.467 e. The fraction of sp³-hybridized carbons (Fsp3) is 0.625. The molecule has 0 radical (unpaired) electrons. The van der Waals surface area contributed by atoms with Gasteiger partial charge in [-0.1, -0.05) is 0 Å². The normalized spacial score (nSPS) is 25.3. The van der Waals surface area contributed by atoms with Crippen molar-refractivity contribution in [2.24, 2.45) is 5.92 Å². The van der Waals surface area contributed by atoms with Crippen molar-refractivity contribution in [1.82, 2.24) is 4.90 Å². The molecule has 2 saturated carbocycles. The molecule has 1 aromatic heterocycles. The van der Waals surface area contributed by atoms with Gasteiger partial charge >= 0.3 is 5.97 Å². The first-order valence-electron chi connectivity index (χ1n) is 7.49. The highest BCUT2D eigenvalue weighted by atomic mass is 32.1. The number of aryl methyl sites for hydroxylation is 1. The second kappa shape index (κ2) is 5.44. The average Bonchev–Trinajstić information content (AvgIpc) is 3.37. The van der Waals surface area contributed by atoms with Crippen LogP contribution >= 0.6 is 11.3 Å². The number of methoxy groups -OCH3 is 1. The molecule has 2 aliphatic carbocycles. The van der Waals surface area contributed by atoms with E-state index >= 15 is 0 Å². The molecule has 0 aromatic carbocycles. The van der Waals surface area contributed by atoms with Gasteiger partial charge in [-0.15, -0.1) is 11.3 Å². The molecule has 0 unspecified atom stereocenters. The van der Waals surface area contributed by atoms with Crippen LogP contribution in [-0.4, -0.2) is 36.0 Å².